The van der Waals surface area contributed by atoms with Gasteiger partial charge in [0.2, 0.25) is 0 Å². The van der Waals surface area contributed by atoms with Crippen LogP contribution in [0.3, 0.4) is 0 Å². The summed E-state index contributed by atoms with van der Waals surface area (Å²) >= 11 is 0. The Kier molecular flexibility index (Phi) is 4.56. The molecule has 0 unspecified atom stereocenters. The fourth-order valence-electron chi connectivity index (χ4n) is 4.24. The van der Waals surface area contributed by atoms with Crippen LogP contribution in [0.1, 0.15) is 46.6 Å². The van der Waals surface area contributed by atoms with E-state index in [-0.39, 0.29) is 23.7 Å². The van der Waals surface area contributed by atoms with Gasteiger partial charge in [-0.05, 0) is 46.6 Å². The first-order chi connectivity index (χ1) is 11.6. The second-order valence-corrected chi connectivity index (χ2v) is 8.69. The summed E-state index contributed by atoms with van der Waals surface area (Å²) in [4.78, 5) is 16.4. The van der Waals surface area contributed by atoms with Crippen molar-refractivity contribution in [3.05, 3.63) is 35.9 Å². The number of fused-ring (bicyclic) bond motifs is 2. The van der Waals surface area contributed by atoms with Gasteiger partial charge in [0.1, 0.15) is 11.8 Å². The van der Waals surface area contributed by atoms with E-state index in [1.165, 1.54) is 5.56 Å². The number of amides is 1. The van der Waals surface area contributed by atoms with Gasteiger partial charge in [0, 0.05) is 24.7 Å². The second-order valence-electron chi connectivity index (χ2n) is 8.69. The summed E-state index contributed by atoms with van der Waals surface area (Å²) < 4.78 is 20.2. The molecule has 0 spiro atoms. The summed E-state index contributed by atoms with van der Waals surface area (Å²) in [5.74, 6) is 0. The number of hydrogen-bond acceptors (Lipinski definition) is 3. The molecule has 2 aliphatic rings. The van der Waals surface area contributed by atoms with Crippen molar-refractivity contribution in [1.29, 1.82) is 0 Å². The first-order valence-corrected chi connectivity index (χ1v) is 9.05. The summed E-state index contributed by atoms with van der Waals surface area (Å²) in [7, 11) is 0. The smallest absolute Gasteiger partial charge is 0.410 e. The molecule has 0 radical (unpaired) electrons. The number of likely N-dealkylation sites (tertiary alicyclic amines) is 1. The van der Waals surface area contributed by atoms with Crippen molar-refractivity contribution in [3.63, 3.8) is 0 Å². The minimum Gasteiger partial charge on any atom is -0.444 e. The molecule has 5 heteroatoms. The summed E-state index contributed by atoms with van der Waals surface area (Å²) in [5, 5.41) is 0. The zero-order valence-electron chi connectivity index (χ0n) is 15.8. The Morgan fingerprint density at radius 1 is 1.12 bits per heavy atom. The van der Waals surface area contributed by atoms with Gasteiger partial charge in [0.15, 0.2) is 0 Å². The third-order valence-corrected chi connectivity index (χ3v) is 5.28. The molecule has 0 N–H and O–H groups in total. The summed E-state index contributed by atoms with van der Waals surface area (Å²) in [6, 6.07) is 9.93. The zero-order chi connectivity index (χ0) is 18.4. The largest absolute Gasteiger partial charge is 0.444 e. The number of carbonyl (C=O) groups excluding carboxylic acids is 1. The SMILES string of the molecule is CC(C)(C)OC(=O)N1C[C@@H]2C[C@H](F)[C@H](C1)N2C(C)(C)c1ccccc1. The fraction of sp³-hybridized carbons (Fsp3) is 0.650. The minimum absolute atomic E-state index is 0.0106. The van der Waals surface area contributed by atoms with Crippen molar-refractivity contribution in [2.24, 2.45) is 0 Å². The molecule has 0 aromatic heterocycles. The molecule has 2 saturated heterocycles. The van der Waals surface area contributed by atoms with Crippen molar-refractivity contribution in [2.75, 3.05) is 13.1 Å². The monoisotopic (exact) mass is 348 g/mol. The van der Waals surface area contributed by atoms with E-state index >= 15 is 0 Å². The third-order valence-electron chi connectivity index (χ3n) is 5.28. The van der Waals surface area contributed by atoms with Gasteiger partial charge < -0.3 is 9.64 Å². The van der Waals surface area contributed by atoms with Gasteiger partial charge in [-0.25, -0.2) is 9.18 Å². The molecule has 2 aliphatic heterocycles. The van der Waals surface area contributed by atoms with Crippen molar-refractivity contribution in [1.82, 2.24) is 9.80 Å². The van der Waals surface area contributed by atoms with Crippen LogP contribution in [0.25, 0.3) is 0 Å². The predicted molar refractivity (Wildman–Crippen MR) is 96.2 cm³/mol. The van der Waals surface area contributed by atoms with E-state index in [1.807, 2.05) is 39.0 Å². The topological polar surface area (TPSA) is 32.8 Å². The molecule has 3 atom stereocenters. The van der Waals surface area contributed by atoms with Crippen LogP contribution in [-0.2, 0) is 10.3 Å². The van der Waals surface area contributed by atoms with Crippen LogP contribution in [0.2, 0.25) is 0 Å². The van der Waals surface area contributed by atoms with Crippen LogP contribution < -0.4 is 0 Å². The first-order valence-electron chi connectivity index (χ1n) is 9.05. The quantitative estimate of drug-likeness (QED) is 0.811. The predicted octanol–water partition coefficient (Wildman–Crippen LogP) is 3.95. The highest BCUT2D eigenvalue weighted by atomic mass is 19.1. The molecule has 2 fully saturated rings. The number of nitrogens with zero attached hydrogens (tertiary/aromatic N) is 2. The van der Waals surface area contributed by atoms with Crippen LogP contribution in [-0.4, -0.2) is 52.8 Å². The van der Waals surface area contributed by atoms with Gasteiger partial charge in [-0.1, -0.05) is 30.3 Å². The standard InChI is InChI=1S/C20H29FN2O2/c1-19(2,3)25-18(24)22-12-15-11-16(21)17(13-22)23(15)20(4,5)14-9-7-6-8-10-14/h6-10,15-17H,11-13H2,1-5H3/t15-,16-,17-/m0/s1. The lowest BCUT2D eigenvalue weighted by Crippen LogP contribution is -2.61. The summed E-state index contributed by atoms with van der Waals surface area (Å²) in [5.41, 5.74) is 0.355. The lowest BCUT2D eigenvalue weighted by Gasteiger charge is -2.49. The van der Waals surface area contributed by atoms with Crippen molar-refractivity contribution in [3.8, 4) is 0 Å². The highest BCUT2D eigenvalue weighted by Gasteiger charge is 2.53. The molecule has 0 saturated carbocycles. The maximum atomic E-state index is 14.7. The van der Waals surface area contributed by atoms with E-state index in [4.69, 9.17) is 4.74 Å². The minimum atomic E-state index is -0.916. The van der Waals surface area contributed by atoms with E-state index in [0.717, 1.165) is 0 Å². The summed E-state index contributed by atoms with van der Waals surface area (Å²) in [6.07, 6.45) is -0.783. The maximum Gasteiger partial charge on any atom is 0.410 e. The first kappa shape index (κ1) is 18.2. The molecule has 25 heavy (non-hydrogen) atoms. The highest BCUT2D eigenvalue weighted by Crippen LogP contribution is 2.42. The second kappa shape index (κ2) is 6.27. The highest BCUT2D eigenvalue weighted by molar-refractivity contribution is 5.68. The number of rotatable bonds is 2. The molecule has 3 rings (SSSR count). The number of benzene rings is 1. The molecule has 0 aliphatic carbocycles. The van der Waals surface area contributed by atoms with E-state index in [1.54, 1.807) is 4.90 Å². The van der Waals surface area contributed by atoms with Crippen LogP contribution in [0.15, 0.2) is 30.3 Å². The Labute approximate surface area is 149 Å². The normalized spacial score (nSPS) is 27.4. The Morgan fingerprint density at radius 3 is 2.32 bits per heavy atom. The average molecular weight is 348 g/mol. The zero-order valence-corrected chi connectivity index (χ0v) is 15.8. The molecular weight excluding hydrogens is 319 g/mol. The van der Waals surface area contributed by atoms with E-state index in [0.29, 0.717) is 19.5 Å². The van der Waals surface area contributed by atoms with Gasteiger partial charge in [-0.2, -0.15) is 0 Å². The van der Waals surface area contributed by atoms with Crippen molar-refractivity contribution >= 4 is 6.09 Å². The Morgan fingerprint density at radius 2 is 1.76 bits per heavy atom. The molecule has 138 valence electrons. The Hall–Kier alpha value is -1.62. The Balaban J connectivity index is 1.81. The molecule has 2 bridgehead atoms. The molecule has 1 amide bonds. The van der Waals surface area contributed by atoms with E-state index < -0.39 is 11.8 Å². The summed E-state index contributed by atoms with van der Waals surface area (Å²) in [6.45, 7) is 10.7. The molecule has 4 nitrogen and oxygen atoms in total. The number of hydrogen-bond donors (Lipinski definition) is 0. The molecular formula is C20H29FN2O2. The van der Waals surface area contributed by atoms with Crippen molar-refractivity contribution < 1.29 is 13.9 Å². The van der Waals surface area contributed by atoms with Crippen LogP contribution in [0.5, 0.6) is 0 Å². The number of halogens is 1. The Bertz CT molecular complexity index is 626. The van der Waals surface area contributed by atoms with Crippen LogP contribution in [0.4, 0.5) is 9.18 Å². The van der Waals surface area contributed by atoms with E-state index in [9.17, 15) is 9.18 Å². The number of piperazine rings is 1. The van der Waals surface area contributed by atoms with E-state index in [2.05, 4.69) is 30.9 Å². The van der Waals surface area contributed by atoms with Gasteiger partial charge in [0.25, 0.3) is 0 Å². The molecule has 2 heterocycles. The lowest BCUT2D eigenvalue weighted by molar-refractivity contribution is -0.0331. The van der Waals surface area contributed by atoms with Gasteiger partial charge in [-0.15, -0.1) is 0 Å². The number of ether oxygens (including phenoxy) is 1. The number of alkyl halides is 1. The fourth-order valence-corrected chi connectivity index (χ4v) is 4.24. The third kappa shape index (κ3) is 3.52. The number of carbonyl (C=O) groups is 1. The van der Waals surface area contributed by atoms with Crippen LogP contribution >= 0.6 is 0 Å². The van der Waals surface area contributed by atoms with Gasteiger partial charge in [-0.3, -0.25) is 4.90 Å². The maximum absolute atomic E-state index is 14.7. The van der Waals surface area contributed by atoms with Crippen molar-refractivity contribution in [2.45, 2.75) is 70.4 Å². The van der Waals surface area contributed by atoms with Crippen LogP contribution in [0, 0.1) is 0 Å². The average Bonchev–Trinajstić information content (AvgIpc) is 2.73. The molecule has 1 aromatic rings. The lowest BCUT2D eigenvalue weighted by atomic mass is 9.89. The molecule has 1 aromatic carbocycles. The van der Waals surface area contributed by atoms with Gasteiger partial charge >= 0.3 is 6.09 Å². The van der Waals surface area contributed by atoms with Gasteiger partial charge in [0.05, 0.1) is 6.04 Å².